The zero-order chi connectivity index (χ0) is 7.40. The highest BCUT2D eigenvalue weighted by Crippen LogP contribution is 2.11. The molecule has 0 radical (unpaired) electrons. The van der Waals surface area contributed by atoms with Crippen molar-refractivity contribution in [2.75, 3.05) is 0 Å². The molecule has 10 heavy (non-hydrogen) atoms. The zero-order valence-electron chi connectivity index (χ0n) is 5.71. The zero-order valence-corrected chi connectivity index (χ0v) is 7.87. The second-order valence-electron chi connectivity index (χ2n) is 1.94. The van der Waals surface area contributed by atoms with Gasteiger partial charge in [-0.05, 0) is 41.6 Å². The normalized spacial score (nSPS) is 11.6. The molecule has 1 aromatic rings. The molecule has 0 fully saturated rings. The van der Waals surface area contributed by atoms with Crippen LogP contribution in [0.3, 0.4) is 0 Å². The van der Waals surface area contributed by atoms with E-state index < -0.39 is 0 Å². The second-order valence-corrected chi connectivity index (χ2v) is 3.51. The maximum Gasteiger partial charge on any atom is 0.0760 e. The largest absolute Gasteiger partial charge is 0.247 e. The molecule has 2 heteroatoms. The molecule has 0 heterocycles. The number of benzene rings is 1. The Bertz CT molecular complexity index is 224. The number of para-hydroxylation sites is 1. The maximum atomic E-state index is 4.26. The van der Waals surface area contributed by atoms with Gasteiger partial charge in [-0.25, -0.2) is 4.99 Å². The van der Waals surface area contributed by atoms with Crippen molar-refractivity contribution < 1.29 is 0 Å². The van der Waals surface area contributed by atoms with Crippen molar-refractivity contribution in [2.45, 2.75) is 6.92 Å². The van der Waals surface area contributed by atoms with Crippen LogP contribution < -0.4 is 0 Å². The van der Waals surface area contributed by atoms with Gasteiger partial charge in [-0.15, -0.1) is 0 Å². The summed E-state index contributed by atoms with van der Waals surface area (Å²) in [4.78, 5) is 4.26. The standard InChI is InChI=1S/C8H8IN/c1-7(9)10-8-5-3-2-4-6-8/h2-6H,1H3. The van der Waals surface area contributed by atoms with Gasteiger partial charge in [0, 0.05) is 0 Å². The monoisotopic (exact) mass is 245 g/mol. The summed E-state index contributed by atoms with van der Waals surface area (Å²) in [6.45, 7) is 1.98. The molecule has 0 atom stereocenters. The molecule has 0 aliphatic rings. The van der Waals surface area contributed by atoms with Crippen molar-refractivity contribution in [1.82, 2.24) is 0 Å². The Labute approximate surface area is 74.3 Å². The highest BCUT2D eigenvalue weighted by molar-refractivity contribution is 14.1. The van der Waals surface area contributed by atoms with E-state index in [-0.39, 0.29) is 0 Å². The molecular formula is C8H8IN. The van der Waals surface area contributed by atoms with E-state index in [0.29, 0.717) is 0 Å². The van der Waals surface area contributed by atoms with Crippen LogP contribution in [0.2, 0.25) is 0 Å². The van der Waals surface area contributed by atoms with Crippen LogP contribution in [0.4, 0.5) is 5.69 Å². The fourth-order valence-electron chi connectivity index (χ4n) is 0.680. The van der Waals surface area contributed by atoms with Gasteiger partial charge in [-0.2, -0.15) is 0 Å². The predicted octanol–water partition coefficient (Wildman–Crippen LogP) is 3.17. The molecule has 0 spiro atoms. The molecule has 0 unspecified atom stereocenters. The second kappa shape index (κ2) is 3.71. The Kier molecular flexibility index (Phi) is 2.86. The first-order valence-corrected chi connectivity index (χ1v) is 4.13. The lowest BCUT2D eigenvalue weighted by Gasteiger charge is -1.90. The smallest absolute Gasteiger partial charge is 0.0760 e. The lowest BCUT2D eigenvalue weighted by atomic mass is 10.3. The summed E-state index contributed by atoms with van der Waals surface area (Å²) in [7, 11) is 0. The summed E-state index contributed by atoms with van der Waals surface area (Å²) < 4.78 is 1.06. The Morgan fingerprint density at radius 3 is 2.40 bits per heavy atom. The van der Waals surface area contributed by atoms with Gasteiger partial charge in [0.05, 0.1) is 9.41 Å². The minimum atomic E-state index is 1.02. The molecule has 0 saturated heterocycles. The van der Waals surface area contributed by atoms with Gasteiger partial charge in [0.2, 0.25) is 0 Å². The highest BCUT2D eigenvalue weighted by atomic mass is 127. The number of hydrogen-bond acceptors (Lipinski definition) is 1. The van der Waals surface area contributed by atoms with Gasteiger partial charge < -0.3 is 0 Å². The number of hydrogen-bond donors (Lipinski definition) is 0. The van der Waals surface area contributed by atoms with Crippen molar-refractivity contribution in [3.05, 3.63) is 30.3 Å². The van der Waals surface area contributed by atoms with E-state index in [1.165, 1.54) is 0 Å². The van der Waals surface area contributed by atoms with Gasteiger partial charge in [0.25, 0.3) is 0 Å². The van der Waals surface area contributed by atoms with Gasteiger partial charge in [0.15, 0.2) is 0 Å². The van der Waals surface area contributed by atoms with Crippen LogP contribution >= 0.6 is 22.6 Å². The summed E-state index contributed by atoms with van der Waals surface area (Å²) in [6, 6.07) is 9.93. The third-order valence-corrected chi connectivity index (χ3v) is 1.28. The fraction of sp³-hybridized carbons (Fsp3) is 0.125. The molecule has 0 bridgehead atoms. The van der Waals surface area contributed by atoms with Crippen LogP contribution in [-0.2, 0) is 0 Å². The molecular weight excluding hydrogens is 237 g/mol. The minimum Gasteiger partial charge on any atom is -0.247 e. The van der Waals surface area contributed by atoms with Gasteiger partial charge in [-0.3, -0.25) is 0 Å². The highest BCUT2D eigenvalue weighted by Gasteiger charge is 1.84. The van der Waals surface area contributed by atoms with E-state index in [2.05, 4.69) is 27.6 Å². The lowest BCUT2D eigenvalue weighted by molar-refractivity contribution is 1.53. The number of nitrogens with zero attached hydrogens (tertiary/aromatic N) is 1. The summed E-state index contributed by atoms with van der Waals surface area (Å²) >= 11 is 2.20. The Balaban J connectivity index is 2.87. The van der Waals surface area contributed by atoms with Crippen molar-refractivity contribution in [3.63, 3.8) is 0 Å². The SMILES string of the molecule is CC(I)=Nc1ccccc1. The number of halogens is 1. The summed E-state index contributed by atoms with van der Waals surface area (Å²) in [5.41, 5.74) is 1.02. The molecule has 1 aromatic carbocycles. The third-order valence-electron chi connectivity index (χ3n) is 1.04. The van der Waals surface area contributed by atoms with Gasteiger partial charge in [0.1, 0.15) is 0 Å². The Hall–Kier alpha value is -0.380. The number of rotatable bonds is 1. The maximum absolute atomic E-state index is 4.26. The van der Waals surface area contributed by atoms with E-state index in [0.717, 1.165) is 9.41 Å². The predicted molar refractivity (Wildman–Crippen MR) is 53.2 cm³/mol. The summed E-state index contributed by atoms with van der Waals surface area (Å²) in [5, 5.41) is 0. The lowest BCUT2D eigenvalue weighted by Crippen LogP contribution is -1.70. The van der Waals surface area contributed by atoms with E-state index in [4.69, 9.17) is 0 Å². The van der Waals surface area contributed by atoms with E-state index >= 15 is 0 Å². The summed E-state index contributed by atoms with van der Waals surface area (Å²) in [6.07, 6.45) is 0. The molecule has 0 aliphatic heterocycles. The molecule has 0 amide bonds. The average molecular weight is 245 g/mol. The summed E-state index contributed by atoms with van der Waals surface area (Å²) in [5.74, 6) is 0. The van der Waals surface area contributed by atoms with Crippen molar-refractivity contribution in [1.29, 1.82) is 0 Å². The van der Waals surface area contributed by atoms with E-state index in [9.17, 15) is 0 Å². The average Bonchev–Trinajstić information content (AvgIpc) is 1.88. The Morgan fingerprint density at radius 2 is 1.90 bits per heavy atom. The number of aliphatic imine (C=N–C) groups is 1. The van der Waals surface area contributed by atoms with Crippen LogP contribution in [0, 0.1) is 0 Å². The van der Waals surface area contributed by atoms with E-state index in [1.54, 1.807) is 0 Å². The van der Waals surface area contributed by atoms with Crippen LogP contribution in [0.25, 0.3) is 0 Å². The Morgan fingerprint density at radius 1 is 1.30 bits per heavy atom. The molecule has 1 nitrogen and oxygen atoms in total. The molecule has 52 valence electrons. The molecule has 0 aliphatic carbocycles. The van der Waals surface area contributed by atoms with Gasteiger partial charge >= 0.3 is 0 Å². The quantitative estimate of drug-likeness (QED) is 0.532. The van der Waals surface area contributed by atoms with Crippen molar-refractivity contribution in [3.8, 4) is 0 Å². The minimum absolute atomic E-state index is 1.02. The van der Waals surface area contributed by atoms with Crippen LogP contribution in [0.5, 0.6) is 0 Å². The third kappa shape index (κ3) is 2.47. The molecule has 0 aromatic heterocycles. The van der Waals surface area contributed by atoms with Crippen molar-refractivity contribution in [2.24, 2.45) is 4.99 Å². The van der Waals surface area contributed by atoms with Crippen LogP contribution in [0.1, 0.15) is 6.92 Å². The molecule has 0 saturated carbocycles. The first-order chi connectivity index (χ1) is 4.79. The first-order valence-electron chi connectivity index (χ1n) is 3.05. The topological polar surface area (TPSA) is 12.4 Å². The van der Waals surface area contributed by atoms with Gasteiger partial charge in [-0.1, -0.05) is 18.2 Å². The van der Waals surface area contributed by atoms with Crippen LogP contribution in [-0.4, -0.2) is 3.72 Å². The first kappa shape index (κ1) is 7.72. The molecule has 1 rings (SSSR count). The molecule has 0 N–H and O–H groups in total. The van der Waals surface area contributed by atoms with Crippen LogP contribution in [0.15, 0.2) is 35.3 Å². The fourth-order valence-corrected chi connectivity index (χ4v) is 0.959. The van der Waals surface area contributed by atoms with E-state index in [1.807, 2.05) is 37.3 Å². The van der Waals surface area contributed by atoms with Crippen molar-refractivity contribution >= 4 is 32.0 Å².